The molecule has 4 rings (SSSR count). The van der Waals surface area contributed by atoms with Gasteiger partial charge < -0.3 is 15.5 Å². The maximum atomic E-state index is 11.8. The van der Waals surface area contributed by atoms with Gasteiger partial charge in [-0.25, -0.2) is 0 Å². The zero-order valence-corrected chi connectivity index (χ0v) is 17.0. The Morgan fingerprint density at radius 2 is 2.10 bits per heavy atom. The molecule has 2 amide bonds. The van der Waals surface area contributed by atoms with Crippen molar-refractivity contribution in [3.8, 4) is 0 Å². The average molecular weight is 396 g/mol. The van der Waals surface area contributed by atoms with E-state index in [-0.39, 0.29) is 18.4 Å². The van der Waals surface area contributed by atoms with E-state index in [2.05, 4.69) is 43.6 Å². The second-order valence-electron chi connectivity index (χ2n) is 7.97. The molecule has 0 spiro atoms. The number of nitrogens with zero attached hydrogens (tertiary/aromatic N) is 3. The molecule has 7 heteroatoms. The van der Waals surface area contributed by atoms with Crippen LogP contribution in [0.25, 0.3) is 10.8 Å². The van der Waals surface area contributed by atoms with Crippen LogP contribution in [0, 0.1) is 0 Å². The molecule has 154 valence electrons. The molecule has 1 aromatic heterocycles. The third-order valence-electron chi connectivity index (χ3n) is 5.94. The number of anilines is 1. The van der Waals surface area contributed by atoms with E-state index in [0.717, 1.165) is 32.6 Å². The maximum Gasteiger partial charge on any atom is 0.239 e. The lowest BCUT2D eigenvalue weighted by molar-refractivity contribution is -0.125. The van der Waals surface area contributed by atoms with Gasteiger partial charge in [-0.15, -0.1) is 0 Å². The van der Waals surface area contributed by atoms with Crippen molar-refractivity contribution in [2.75, 3.05) is 44.2 Å². The lowest BCUT2D eigenvalue weighted by Crippen LogP contribution is -2.51. The summed E-state index contributed by atoms with van der Waals surface area (Å²) in [6.07, 6.45) is 7.38. The fourth-order valence-corrected chi connectivity index (χ4v) is 4.57. The second-order valence-corrected chi connectivity index (χ2v) is 7.97. The van der Waals surface area contributed by atoms with Crippen LogP contribution in [0.5, 0.6) is 0 Å². The molecule has 0 radical (unpaired) electrons. The molecular weight excluding hydrogens is 366 g/mol. The van der Waals surface area contributed by atoms with Crippen molar-refractivity contribution in [3.05, 3.63) is 36.2 Å². The molecule has 7 nitrogen and oxygen atoms in total. The third-order valence-corrected chi connectivity index (χ3v) is 5.94. The van der Waals surface area contributed by atoms with Crippen molar-refractivity contribution < 1.29 is 9.59 Å². The molecule has 1 saturated heterocycles. The van der Waals surface area contributed by atoms with Crippen molar-refractivity contribution in [1.82, 2.24) is 20.5 Å². The molecule has 0 saturated carbocycles. The van der Waals surface area contributed by atoms with Crippen LogP contribution in [0.15, 0.2) is 30.6 Å². The SMILES string of the molecule is CC(=O)NCC(=O)NCCN1CCCC(N2CCc3cncc4cccc2c34)C1. The Balaban J connectivity index is 1.36. The summed E-state index contributed by atoms with van der Waals surface area (Å²) < 4.78 is 0. The van der Waals surface area contributed by atoms with E-state index in [9.17, 15) is 9.59 Å². The highest BCUT2D eigenvalue weighted by Crippen LogP contribution is 2.35. The summed E-state index contributed by atoms with van der Waals surface area (Å²) in [6.45, 7) is 6.01. The normalized spacial score (nSPS) is 19.2. The molecule has 1 atom stereocenters. The van der Waals surface area contributed by atoms with Crippen LogP contribution in [0.2, 0.25) is 0 Å². The lowest BCUT2D eigenvalue weighted by atomic mass is 9.95. The Hall–Kier alpha value is -2.67. The van der Waals surface area contributed by atoms with Gasteiger partial charge in [-0.3, -0.25) is 19.5 Å². The molecular formula is C22H29N5O2. The molecule has 2 aromatic rings. The number of likely N-dealkylation sites (tertiary alicyclic amines) is 1. The average Bonchev–Trinajstić information content (AvgIpc) is 2.73. The Labute approximate surface area is 171 Å². The Bertz CT molecular complexity index is 895. The highest BCUT2D eigenvalue weighted by molar-refractivity contribution is 5.97. The van der Waals surface area contributed by atoms with Crippen LogP contribution in [0.3, 0.4) is 0 Å². The number of amides is 2. The molecule has 0 bridgehead atoms. The lowest BCUT2D eigenvalue weighted by Gasteiger charge is -2.43. The van der Waals surface area contributed by atoms with E-state index in [1.54, 1.807) is 0 Å². The fourth-order valence-electron chi connectivity index (χ4n) is 4.57. The maximum absolute atomic E-state index is 11.8. The van der Waals surface area contributed by atoms with Crippen molar-refractivity contribution in [2.45, 2.75) is 32.2 Å². The van der Waals surface area contributed by atoms with Gasteiger partial charge in [0.25, 0.3) is 0 Å². The summed E-state index contributed by atoms with van der Waals surface area (Å²) in [5.74, 6) is -0.324. The number of hydrogen-bond donors (Lipinski definition) is 2. The summed E-state index contributed by atoms with van der Waals surface area (Å²) >= 11 is 0. The van der Waals surface area contributed by atoms with Crippen LogP contribution >= 0.6 is 0 Å². The molecule has 2 aliphatic heterocycles. The highest BCUT2D eigenvalue weighted by Gasteiger charge is 2.29. The highest BCUT2D eigenvalue weighted by atomic mass is 16.2. The predicted octanol–water partition coefficient (Wildman–Crippen LogP) is 1.31. The first-order chi connectivity index (χ1) is 14.1. The van der Waals surface area contributed by atoms with Gasteiger partial charge in [-0.1, -0.05) is 12.1 Å². The molecule has 3 heterocycles. The zero-order chi connectivity index (χ0) is 20.2. The number of nitrogens with one attached hydrogen (secondary N) is 2. The summed E-state index contributed by atoms with van der Waals surface area (Å²) in [5, 5.41) is 8.00. The van der Waals surface area contributed by atoms with Gasteiger partial charge in [0.15, 0.2) is 0 Å². The minimum Gasteiger partial charge on any atom is -0.366 e. The smallest absolute Gasteiger partial charge is 0.239 e. The monoisotopic (exact) mass is 395 g/mol. The third kappa shape index (κ3) is 4.50. The molecule has 29 heavy (non-hydrogen) atoms. The van der Waals surface area contributed by atoms with Gasteiger partial charge >= 0.3 is 0 Å². The molecule has 2 N–H and O–H groups in total. The van der Waals surface area contributed by atoms with Crippen molar-refractivity contribution in [2.24, 2.45) is 0 Å². The number of pyridine rings is 1. The minimum atomic E-state index is -0.187. The second kappa shape index (κ2) is 8.78. The van der Waals surface area contributed by atoms with E-state index < -0.39 is 0 Å². The number of piperidine rings is 1. The zero-order valence-electron chi connectivity index (χ0n) is 17.0. The van der Waals surface area contributed by atoms with E-state index in [1.807, 2.05) is 12.4 Å². The Morgan fingerprint density at radius 1 is 1.21 bits per heavy atom. The van der Waals surface area contributed by atoms with Crippen molar-refractivity contribution >= 4 is 28.3 Å². The number of hydrogen-bond acceptors (Lipinski definition) is 5. The van der Waals surface area contributed by atoms with Crippen LogP contribution < -0.4 is 15.5 Å². The molecule has 1 fully saturated rings. The van der Waals surface area contributed by atoms with Gasteiger partial charge in [0.1, 0.15) is 0 Å². The minimum absolute atomic E-state index is 0.0456. The van der Waals surface area contributed by atoms with Gasteiger partial charge in [-0.2, -0.15) is 0 Å². The van der Waals surface area contributed by atoms with Gasteiger partial charge in [-0.05, 0) is 37.4 Å². The van der Waals surface area contributed by atoms with Crippen LogP contribution in [-0.2, 0) is 16.0 Å². The van der Waals surface area contributed by atoms with E-state index in [4.69, 9.17) is 0 Å². The Kier molecular flexibility index (Phi) is 5.94. The van der Waals surface area contributed by atoms with Crippen LogP contribution in [0.1, 0.15) is 25.3 Å². The first kappa shape index (κ1) is 19.6. The standard InChI is InChI=1S/C22H29N5O2/c1-16(28)25-14-21(29)24-8-11-26-9-3-5-19(15-26)27-10-7-18-13-23-12-17-4-2-6-20(27)22(17)18/h2,4,6,12-13,19H,3,5,7-11,14-15H2,1H3,(H,24,29)(H,25,28). The molecule has 2 aliphatic rings. The fraction of sp³-hybridized carbons (Fsp3) is 0.500. The van der Waals surface area contributed by atoms with E-state index in [0.29, 0.717) is 12.6 Å². The topological polar surface area (TPSA) is 77.6 Å². The number of aromatic nitrogens is 1. The molecule has 0 aliphatic carbocycles. The first-order valence-corrected chi connectivity index (χ1v) is 10.5. The van der Waals surface area contributed by atoms with Gasteiger partial charge in [0, 0.05) is 68.0 Å². The van der Waals surface area contributed by atoms with Gasteiger partial charge in [0.2, 0.25) is 11.8 Å². The summed E-state index contributed by atoms with van der Waals surface area (Å²) in [7, 11) is 0. The molecule has 1 unspecified atom stereocenters. The van der Waals surface area contributed by atoms with Crippen molar-refractivity contribution in [3.63, 3.8) is 0 Å². The first-order valence-electron chi connectivity index (χ1n) is 10.5. The van der Waals surface area contributed by atoms with E-state index in [1.165, 1.54) is 41.8 Å². The quantitative estimate of drug-likeness (QED) is 0.771. The summed E-state index contributed by atoms with van der Waals surface area (Å²) in [6, 6.07) is 7.01. The molecule has 1 aromatic carbocycles. The van der Waals surface area contributed by atoms with Crippen LogP contribution in [0.4, 0.5) is 5.69 Å². The summed E-state index contributed by atoms with van der Waals surface area (Å²) in [5.41, 5.74) is 2.69. The van der Waals surface area contributed by atoms with Crippen LogP contribution in [-0.4, -0.2) is 67.0 Å². The van der Waals surface area contributed by atoms with Gasteiger partial charge in [0.05, 0.1) is 6.54 Å². The van der Waals surface area contributed by atoms with Crippen molar-refractivity contribution in [1.29, 1.82) is 0 Å². The number of carbonyl (C=O) groups excluding carboxylic acids is 2. The predicted molar refractivity (Wildman–Crippen MR) is 114 cm³/mol. The largest absolute Gasteiger partial charge is 0.366 e. The number of benzene rings is 1. The van der Waals surface area contributed by atoms with E-state index >= 15 is 0 Å². The number of rotatable bonds is 6. The Morgan fingerprint density at radius 3 is 2.97 bits per heavy atom. The summed E-state index contributed by atoms with van der Waals surface area (Å²) in [4.78, 5) is 32.1. The number of carbonyl (C=O) groups is 2.